The topological polar surface area (TPSA) is 71.8 Å². The van der Waals surface area contributed by atoms with Crippen LogP contribution in [0.3, 0.4) is 0 Å². The van der Waals surface area contributed by atoms with Crippen molar-refractivity contribution < 1.29 is 18.7 Å². The maximum atomic E-state index is 11.9. The molecular formula is C17H18N2O4. The molecule has 1 fully saturated rings. The number of aryl methyl sites for hydroxylation is 1. The molecule has 0 aliphatic carbocycles. The van der Waals surface area contributed by atoms with Crippen molar-refractivity contribution in [3.05, 3.63) is 54.5 Å². The quantitative estimate of drug-likeness (QED) is 0.888. The van der Waals surface area contributed by atoms with Crippen LogP contribution in [0.25, 0.3) is 0 Å². The molecule has 0 spiro atoms. The molecule has 1 aromatic carbocycles. The molecular weight excluding hydrogens is 296 g/mol. The third-order valence-electron chi connectivity index (χ3n) is 3.65. The Morgan fingerprint density at radius 3 is 2.78 bits per heavy atom. The van der Waals surface area contributed by atoms with E-state index in [0.29, 0.717) is 25.9 Å². The van der Waals surface area contributed by atoms with Crippen LogP contribution in [0.2, 0.25) is 0 Å². The predicted molar refractivity (Wildman–Crippen MR) is 84.1 cm³/mol. The molecule has 120 valence electrons. The van der Waals surface area contributed by atoms with Gasteiger partial charge in [-0.2, -0.15) is 0 Å². The number of hydrogen-bond acceptors (Lipinski definition) is 4. The van der Waals surface area contributed by atoms with Gasteiger partial charge in [0, 0.05) is 18.5 Å². The summed E-state index contributed by atoms with van der Waals surface area (Å²) in [6.07, 6.45) is 1.76. The van der Waals surface area contributed by atoms with Crippen molar-refractivity contribution in [3.8, 4) is 0 Å². The van der Waals surface area contributed by atoms with Gasteiger partial charge in [0.25, 0.3) is 0 Å². The fourth-order valence-electron chi connectivity index (χ4n) is 2.45. The number of amides is 2. The normalized spacial score (nSPS) is 17.1. The first-order valence-corrected chi connectivity index (χ1v) is 7.54. The van der Waals surface area contributed by atoms with Crippen LogP contribution in [0, 0.1) is 0 Å². The Kier molecular flexibility index (Phi) is 4.61. The summed E-state index contributed by atoms with van der Waals surface area (Å²) in [5.41, 5.74) is 0.796. The van der Waals surface area contributed by atoms with Gasteiger partial charge in [-0.1, -0.05) is 18.2 Å². The summed E-state index contributed by atoms with van der Waals surface area (Å²) in [6, 6.07) is 13.0. The van der Waals surface area contributed by atoms with E-state index in [0.717, 1.165) is 11.4 Å². The van der Waals surface area contributed by atoms with Gasteiger partial charge in [-0.05, 0) is 24.3 Å². The van der Waals surface area contributed by atoms with Crippen molar-refractivity contribution in [2.24, 2.45) is 0 Å². The molecule has 0 bridgehead atoms. The van der Waals surface area contributed by atoms with E-state index in [-0.39, 0.29) is 18.1 Å². The molecule has 1 saturated heterocycles. The molecule has 1 unspecified atom stereocenters. The van der Waals surface area contributed by atoms with Crippen LogP contribution in [0.15, 0.2) is 53.1 Å². The fourth-order valence-corrected chi connectivity index (χ4v) is 2.45. The summed E-state index contributed by atoms with van der Waals surface area (Å²) in [4.78, 5) is 25.3. The van der Waals surface area contributed by atoms with Crippen LogP contribution >= 0.6 is 0 Å². The Morgan fingerprint density at radius 2 is 2.04 bits per heavy atom. The van der Waals surface area contributed by atoms with Crippen LogP contribution in [0.5, 0.6) is 0 Å². The van der Waals surface area contributed by atoms with Crippen molar-refractivity contribution in [2.75, 3.05) is 18.0 Å². The van der Waals surface area contributed by atoms with E-state index in [9.17, 15) is 9.59 Å². The van der Waals surface area contributed by atoms with E-state index >= 15 is 0 Å². The summed E-state index contributed by atoms with van der Waals surface area (Å²) in [5.74, 6) is 0.693. The standard InChI is InChI=1S/C17H18N2O4/c20-16(9-8-14-7-4-10-22-14)18-11-15-12-19(17(21)23-15)13-5-2-1-3-6-13/h1-7,10,15H,8-9,11-12H2,(H,18,20). The minimum absolute atomic E-state index is 0.0874. The van der Waals surface area contributed by atoms with Gasteiger partial charge in [-0.15, -0.1) is 0 Å². The van der Waals surface area contributed by atoms with Crippen LogP contribution in [0.4, 0.5) is 10.5 Å². The number of benzene rings is 1. The zero-order chi connectivity index (χ0) is 16.1. The van der Waals surface area contributed by atoms with E-state index in [1.165, 1.54) is 0 Å². The Bertz CT molecular complexity index is 654. The molecule has 1 aliphatic rings. The number of carbonyl (C=O) groups is 2. The van der Waals surface area contributed by atoms with Crippen molar-refractivity contribution in [2.45, 2.75) is 18.9 Å². The Labute approximate surface area is 134 Å². The molecule has 2 heterocycles. The molecule has 0 radical (unpaired) electrons. The number of anilines is 1. The average Bonchev–Trinajstić information content (AvgIpc) is 3.21. The SMILES string of the molecule is O=C(CCc1ccco1)NCC1CN(c2ccccc2)C(=O)O1. The Hall–Kier alpha value is -2.76. The molecule has 6 heteroatoms. The van der Waals surface area contributed by atoms with Crippen molar-refractivity contribution >= 4 is 17.7 Å². The van der Waals surface area contributed by atoms with Gasteiger partial charge in [0.2, 0.25) is 5.91 Å². The molecule has 23 heavy (non-hydrogen) atoms. The second kappa shape index (κ2) is 7.00. The van der Waals surface area contributed by atoms with E-state index < -0.39 is 0 Å². The highest BCUT2D eigenvalue weighted by atomic mass is 16.6. The Morgan fingerprint density at radius 1 is 1.22 bits per heavy atom. The van der Waals surface area contributed by atoms with Crippen molar-refractivity contribution in [1.82, 2.24) is 5.32 Å². The molecule has 6 nitrogen and oxygen atoms in total. The Balaban J connectivity index is 1.44. The van der Waals surface area contributed by atoms with E-state index in [4.69, 9.17) is 9.15 Å². The van der Waals surface area contributed by atoms with Crippen LogP contribution < -0.4 is 10.2 Å². The summed E-state index contributed by atoms with van der Waals surface area (Å²) < 4.78 is 10.5. The van der Waals surface area contributed by atoms with Gasteiger partial charge >= 0.3 is 6.09 Å². The highest BCUT2D eigenvalue weighted by Crippen LogP contribution is 2.20. The number of cyclic esters (lactones) is 1. The van der Waals surface area contributed by atoms with E-state index in [1.54, 1.807) is 17.2 Å². The van der Waals surface area contributed by atoms with Crippen molar-refractivity contribution in [3.63, 3.8) is 0 Å². The maximum absolute atomic E-state index is 11.9. The summed E-state index contributed by atoms with van der Waals surface area (Å²) in [7, 11) is 0. The zero-order valence-electron chi connectivity index (χ0n) is 12.6. The summed E-state index contributed by atoms with van der Waals surface area (Å²) in [5, 5.41) is 2.80. The number of nitrogens with zero attached hydrogens (tertiary/aromatic N) is 1. The lowest BCUT2D eigenvalue weighted by Gasteiger charge is -2.12. The van der Waals surface area contributed by atoms with Gasteiger partial charge in [0.1, 0.15) is 11.9 Å². The number of hydrogen-bond donors (Lipinski definition) is 1. The minimum atomic E-state index is -0.383. The third-order valence-corrected chi connectivity index (χ3v) is 3.65. The van der Waals surface area contributed by atoms with Crippen LogP contribution in [-0.2, 0) is 16.0 Å². The molecule has 1 N–H and O–H groups in total. The van der Waals surface area contributed by atoms with Crippen LogP contribution in [-0.4, -0.2) is 31.2 Å². The molecule has 1 atom stereocenters. The second-order valence-corrected chi connectivity index (χ2v) is 5.34. The lowest BCUT2D eigenvalue weighted by Crippen LogP contribution is -2.34. The minimum Gasteiger partial charge on any atom is -0.469 e. The maximum Gasteiger partial charge on any atom is 0.414 e. The number of carbonyl (C=O) groups excluding carboxylic acids is 2. The van der Waals surface area contributed by atoms with Gasteiger partial charge in [0.05, 0.1) is 19.4 Å². The monoisotopic (exact) mass is 314 g/mol. The highest BCUT2D eigenvalue weighted by Gasteiger charge is 2.32. The average molecular weight is 314 g/mol. The fraction of sp³-hybridized carbons (Fsp3) is 0.294. The summed E-state index contributed by atoms with van der Waals surface area (Å²) in [6.45, 7) is 0.743. The number of furan rings is 1. The van der Waals surface area contributed by atoms with E-state index in [2.05, 4.69) is 5.32 Å². The predicted octanol–water partition coefficient (Wildman–Crippen LogP) is 2.35. The molecule has 1 aromatic heterocycles. The summed E-state index contributed by atoms with van der Waals surface area (Å²) >= 11 is 0. The third kappa shape index (κ3) is 3.91. The first kappa shape index (κ1) is 15.1. The number of nitrogens with one attached hydrogen (secondary N) is 1. The number of rotatable bonds is 6. The van der Waals surface area contributed by atoms with E-state index in [1.807, 2.05) is 36.4 Å². The van der Waals surface area contributed by atoms with Crippen LogP contribution in [0.1, 0.15) is 12.2 Å². The lowest BCUT2D eigenvalue weighted by atomic mass is 10.2. The highest BCUT2D eigenvalue weighted by molar-refractivity contribution is 5.89. The van der Waals surface area contributed by atoms with Gasteiger partial charge in [0.15, 0.2) is 0 Å². The second-order valence-electron chi connectivity index (χ2n) is 5.34. The molecule has 1 aliphatic heterocycles. The van der Waals surface area contributed by atoms with Gasteiger partial charge in [-0.25, -0.2) is 4.79 Å². The van der Waals surface area contributed by atoms with Crippen molar-refractivity contribution in [1.29, 1.82) is 0 Å². The first-order valence-electron chi connectivity index (χ1n) is 7.54. The molecule has 2 amide bonds. The zero-order valence-corrected chi connectivity index (χ0v) is 12.6. The molecule has 3 rings (SSSR count). The molecule has 0 saturated carbocycles. The first-order chi connectivity index (χ1) is 11.2. The van der Waals surface area contributed by atoms with Gasteiger partial charge < -0.3 is 14.5 Å². The number of para-hydroxylation sites is 1. The lowest BCUT2D eigenvalue weighted by molar-refractivity contribution is -0.121. The largest absolute Gasteiger partial charge is 0.469 e. The molecule has 2 aromatic rings. The van der Waals surface area contributed by atoms with Gasteiger partial charge in [-0.3, -0.25) is 9.69 Å². The number of ether oxygens (including phenoxy) is 1. The smallest absolute Gasteiger partial charge is 0.414 e.